The number of Topliss-reactive ketones (excluding diaryl/α,β-unsaturated/α-hetero) is 1. The molecule has 172 valence electrons. The van der Waals surface area contributed by atoms with Gasteiger partial charge in [0.2, 0.25) is 0 Å². The summed E-state index contributed by atoms with van der Waals surface area (Å²) in [6, 6.07) is 3.42. The molecule has 4 heterocycles. The van der Waals surface area contributed by atoms with E-state index in [2.05, 4.69) is 23.7 Å². The molecule has 1 saturated heterocycles. The molecule has 32 heavy (non-hydrogen) atoms. The topological polar surface area (TPSA) is 72.0 Å². The maximum Gasteiger partial charge on any atom is 0.290 e. The number of hydrogen-bond acceptors (Lipinski definition) is 6. The van der Waals surface area contributed by atoms with E-state index in [-0.39, 0.29) is 23.7 Å². The second-order valence-corrected chi connectivity index (χ2v) is 9.79. The molecule has 1 saturated carbocycles. The fourth-order valence-corrected chi connectivity index (χ4v) is 5.71. The third kappa shape index (κ3) is 3.86. The summed E-state index contributed by atoms with van der Waals surface area (Å²) in [5.41, 5.74) is 1.43. The maximum absolute atomic E-state index is 13.7. The van der Waals surface area contributed by atoms with Crippen molar-refractivity contribution < 1.29 is 19.1 Å². The van der Waals surface area contributed by atoms with Crippen molar-refractivity contribution in [1.29, 1.82) is 0 Å². The lowest BCUT2D eigenvalue weighted by molar-refractivity contribution is -0.137. The average molecular weight is 440 g/mol. The van der Waals surface area contributed by atoms with Crippen molar-refractivity contribution in [2.24, 2.45) is 17.8 Å². The van der Waals surface area contributed by atoms with Crippen LogP contribution in [0.25, 0.3) is 0 Å². The molecule has 4 aliphatic rings. The third-order valence-corrected chi connectivity index (χ3v) is 7.78. The molecule has 0 spiro atoms. The number of hydrogen-bond donors (Lipinski definition) is 0. The number of morpholine rings is 1. The van der Waals surface area contributed by atoms with Crippen molar-refractivity contribution in [1.82, 2.24) is 14.8 Å². The molecule has 5 atom stereocenters. The van der Waals surface area contributed by atoms with Gasteiger partial charge in [-0.3, -0.25) is 19.5 Å². The van der Waals surface area contributed by atoms with Gasteiger partial charge in [0.15, 0.2) is 11.5 Å². The van der Waals surface area contributed by atoms with Crippen molar-refractivity contribution in [3.63, 3.8) is 0 Å². The minimum atomic E-state index is -0.404. The van der Waals surface area contributed by atoms with Crippen LogP contribution in [0.5, 0.6) is 0 Å². The predicted octanol–water partition coefficient (Wildman–Crippen LogP) is 2.59. The minimum absolute atomic E-state index is 0.105. The molecule has 0 aromatic carbocycles. The Balaban J connectivity index is 1.40. The number of ketones is 1. The molecule has 7 nitrogen and oxygen atoms in total. The van der Waals surface area contributed by atoms with Gasteiger partial charge >= 0.3 is 0 Å². The van der Waals surface area contributed by atoms with Crippen molar-refractivity contribution in [2.75, 3.05) is 39.4 Å². The highest BCUT2D eigenvalue weighted by molar-refractivity contribution is 6.11. The van der Waals surface area contributed by atoms with Crippen molar-refractivity contribution in [3.8, 4) is 0 Å². The lowest BCUT2D eigenvalue weighted by Gasteiger charge is -2.40. The van der Waals surface area contributed by atoms with Crippen LogP contribution in [0.2, 0.25) is 0 Å². The number of carbonyl (C=O) groups is 2. The minimum Gasteiger partial charge on any atom is -0.483 e. The second-order valence-electron chi connectivity index (χ2n) is 9.79. The summed E-state index contributed by atoms with van der Waals surface area (Å²) in [6.07, 6.45) is 5.81. The predicted molar refractivity (Wildman–Crippen MR) is 119 cm³/mol. The van der Waals surface area contributed by atoms with Gasteiger partial charge in [0.25, 0.3) is 5.91 Å². The Hall–Kier alpha value is -2.25. The Bertz CT molecular complexity index is 896. The molecule has 1 amide bonds. The molecular formula is C25H33N3O4. The van der Waals surface area contributed by atoms with Gasteiger partial charge in [-0.05, 0) is 42.7 Å². The zero-order chi connectivity index (χ0) is 22.2. The van der Waals surface area contributed by atoms with Gasteiger partial charge < -0.3 is 14.4 Å². The van der Waals surface area contributed by atoms with E-state index in [0.29, 0.717) is 29.7 Å². The molecule has 5 rings (SSSR count). The molecule has 2 fully saturated rings. The number of fused-ring (bicyclic) bond motifs is 1. The fraction of sp³-hybridized carbons (Fsp3) is 0.640. The number of carbonyl (C=O) groups excluding carboxylic acids is 2. The third-order valence-electron chi connectivity index (χ3n) is 7.78. The summed E-state index contributed by atoms with van der Waals surface area (Å²) < 4.78 is 11.7. The number of aromatic nitrogens is 1. The smallest absolute Gasteiger partial charge is 0.290 e. The van der Waals surface area contributed by atoms with Crippen molar-refractivity contribution in [2.45, 2.75) is 45.3 Å². The van der Waals surface area contributed by atoms with Gasteiger partial charge in [-0.1, -0.05) is 19.9 Å². The van der Waals surface area contributed by atoms with Crippen LogP contribution in [0, 0.1) is 17.8 Å². The fourth-order valence-electron chi connectivity index (χ4n) is 5.71. The molecule has 1 aromatic heterocycles. The van der Waals surface area contributed by atoms with Gasteiger partial charge in [0, 0.05) is 38.6 Å². The molecular weight excluding hydrogens is 406 g/mol. The molecule has 1 aromatic rings. The first-order valence-corrected chi connectivity index (χ1v) is 12.0. The van der Waals surface area contributed by atoms with Gasteiger partial charge in [0.1, 0.15) is 6.10 Å². The summed E-state index contributed by atoms with van der Waals surface area (Å²) in [6.45, 7) is 9.30. The van der Waals surface area contributed by atoms with Gasteiger partial charge in [-0.2, -0.15) is 0 Å². The molecule has 0 radical (unpaired) electrons. The summed E-state index contributed by atoms with van der Waals surface area (Å²) in [5.74, 6) is 1.06. The van der Waals surface area contributed by atoms with E-state index in [0.717, 1.165) is 57.7 Å². The van der Waals surface area contributed by atoms with Crippen LogP contribution in [0.3, 0.4) is 0 Å². The number of amides is 1. The highest BCUT2D eigenvalue weighted by Gasteiger charge is 2.53. The number of pyridine rings is 1. The zero-order valence-electron chi connectivity index (χ0n) is 19.0. The standard InChI is InChI=1S/C25H33N3O4/c1-16-13-19-20(14-17(16)2)32-24-21(23(19)29)22(18-5-3-6-26-15-18)28(25(24)30)8-4-7-27-9-11-31-12-10-27/h3,5-6,15-17,19-20,22H,4,7-14H2,1-2H3. The summed E-state index contributed by atoms with van der Waals surface area (Å²) in [7, 11) is 0. The van der Waals surface area contributed by atoms with Crippen molar-refractivity contribution >= 4 is 11.7 Å². The van der Waals surface area contributed by atoms with Gasteiger partial charge in [-0.15, -0.1) is 0 Å². The molecule has 5 unspecified atom stereocenters. The Kier molecular flexibility index (Phi) is 6.03. The second kappa shape index (κ2) is 8.94. The van der Waals surface area contributed by atoms with E-state index < -0.39 is 6.04 Å². The Morgan fingerprint density at radius 2 is 1.88 bits per heavy atom. The van der Waals surface area contributed by atoms with E-state index >= 15 is 0 Å². The first kappa shape index (κ1) is 21.6. The first-order chi connectivity index (χ1) is 15.5. The Morgan fingerprint density at radius 3 is 2.62 bits per heavy atom. The molecule has 1 aliphatic carbocycles. The van der Waals surface area contributed by atoms with Gasteiger partial charge in [-0.25, -0.2) is 0 Å². The molecule has 0 bridgehead atoms. The SMILES string of the molecule is CC1CC2OC3=C(C(=O)C2CC1C)C(c1cccnc1)N(CCCN1CCOCC1)C3=O. The maximum atomic E-state index is 13.7. The monoisotopic (exact) mass is 439 g/mol. The quantitative estimate of drug-likeness (QED) is 0.702. The highest BCUT2D eigenvalue weighted by Crippen LogP contribution is 2.48. The molecule has 7 heteroatoms. The van der Waals surface area contributed by atoms with Crippen molar-refractivity contribution in [3.05, 3.63) is 41.4 Å². The molecule has 3 aliphatic heterocycles. The van der Waals surface area contributed by atoms with E-state index in [4.69, 9.17) is 9.47 Å². The van der Waals surface area contributed by atoms with Crippen LogP contribution in [0.4, 0.5) is 0 Å². The summed E-state index contributed by atoms with van der Waals surface area (Å²) in [5, 5.41) is 0. The van der Waals surface area contributed by atoms with Crippen LogP contribution in [0.15, 0.2) is 35.9 Å². The van der Waals surface area contributed by atoms with Gasteiger partial charge in [0.05, 0.1) is 30.7 Å². The Morgan fingerprint density at radius 1 is 1.09 bits per heavy atom. The van der Waals surface area contributed by atoms with E-state index in [9.17, 15) is 9.59 Å². The highest BCUT2D eigenvalue weighted by atomic mass is 16.5. The van der Waals surface area contributed by atoms with Crippen LogP contribution in [0.1, 0.15) is 44.7 Å². The van der Waals surface area contributed by atoms with Crippen LogP contribution >= 0.6 is 0 Å². The lowest BCUT2D eigenvalue weighted by atomic mass is 9.70. The normalized spacial score (nSPS) is 33.2. The number of nitrogens with zero attached hydrogens (tertiary/aromatic N) is 3. The van der Waals surface area contributed by atoms with Crippen LogP contribution in [-0.4, -0.2) is 72.0 Å². The summed E-state index contributed by atoms with van der Waals surface area (Å²) in [4.78, 5) is 35.7. The largest absolute Gasteiger partial charge is 0.483 e. The van der Waals surface area contributed by atoms with E-state index in [1.807, 2.05) is 17.0 Å². The van der Waals surface area contributed by atoms with Crippen LogP contribution in [-0.2, 0) is 19.1 Å². The Labute approximate surface area is 189 Å². The number of ether oxygens (including phenoxy) is 2. The van der Waals surface area contributed by atoms with Crippen LogP contribution < -0.4 is 0 Å². The average Bonchev–Trinajstić information content (AvgIpc) is 3.09. The molecule has 0 N–H and O–H groups in total. The zero-order valence-corrected chi connectivity index (χ0v) is 19.0. The first-order valence-electron chi connectivity index (χ1n) is 12.0. The summed E-state index contributed by atoms with van der Waals surface area (Å²) >= 11 is 0. The lowest BCUT2D eigenvalue weighted by Crippen LogP contribution is -2.43. The van der Waals surface area contributed by atoms with E-state index in [1.165, 1.54) is 0 Å². The number of rotatable bonds is 5. The van der Waals surface area contributed by atoms with E-state index in [1.54, 1.807) is 12.4 Å².